The van der Waals surface area contributed by atoms with Gasteiger partial charge >= 0.3 is 0 Å². The number of benzene rings is 1. The monoisotopic (exact) mass is 390 g/mol. The summed E-state index contributed by atoms with van der Waals surface area (Å²) >= 11 is 17.8. The van der Waals surface area contributed by atoms with Crippen LogP contribution in [-0.2, 0) is 9.59 Å². The molecule has 1 heterocycles. The maximum atomic E-state index is 12.3. The molecule has 0 radical (unpaired) electrons. The van der Waals surface area contributed by atoms with Gasteiger partial charge in [-0.25, -0.2) is 0 Å². The van der Waals surface area contributed by atoms with Gasteiger partial charge in [-0.1, -0.05) is 34.8 Å². The van der Waals surface area contributed by atoms with Crippen molar-refractivity contribution >= 4 is 46.6 Å². The second kappa shape index (κ2) is 7.38. The molecule has 1 aromatic rings. The van der Waals surface area contributed by atoms with E-state index in [2.05, 4.69) is 0 Å². The largest absolute Gasteiger partial charge is 0.482 e. The van der Waals surface area contributed by atoms with Crippen LogP contribution < -0.4 is 4.74 Å². The molecular weight excluding hydrogens is 375 g/mol. The van der Waals surface area contributed by atoms with Crippen LogP contribution in [0.25, 0.3) is 0 Å². The van der Waals surface area contributed by atoms with Crippen LogP contribution in [0.1, 0.15) is 12.8 Å². The standard InChI is InChI=1S/C16H17Cl3N2O3/c17-11-7-13(19)14(8-12(11)18)24-9-15(22)20-3-5-21(6-4-20)16(23)10-1-2-10/h7-8,10H,1-6,9H2. The summed E-state index contributed by atoms with van der Waals surface area (Å²) in [5, 5.41) is 0.949. The highest BCUT2D eigenvalue weighted by molar-refractivity contribution is 6.43. The average Bonchev–Trinajstić information content (AvgIpc) is 3.41. The first-order valence-electron chi connectivity index (χ1n) is 7.79. The lowest BCUT2D eigenvalue weighted by molar-refractivity contribution is -0.141. The summed E-state index contributed by atoms with van der Waals surface area (Å²) < 4.78 is 5.46. The van der Waals surface area contributed by atoms with E-state index in [1.807, 2.05) is 4.90 Å². The van der Waals surface area contributed by atoms with Crippen LogP contribution in [-0.4, -0.2) is 54.4 Å². The number of rotatable bonds is 4. The number of hydrogen-bond donors (Lipinski definition) is 0. The zero-order valence-corrected chi connectivity index (χ0v) is 15.2. The topological polar surface area (TPSA) is 49.9 Å². The Morgan fingerprint density at radius 2 is 1.54 bits per heavy atom. The Labute approximate surface area is 155 Å². The van der Waals surface area contributed by atoms with Crippen LogP contribution >= 0.6 is 34.8 Å². The molecule has 1 aromatic carbocycles. The minimum absolute atomic E-state index is 0.131. The highest BCUT2D eigenvalue weighted by Crippen LogP contribution is 2.34. The number of halogens is 3. The van der Waals surface area contributed by atoms with E-state index in [0.29, 0.717) is 47.0 Å². The Morgan fingerprint density at radius 1 is 0.958 bits per heavy atom. The lowest BCUT2D eigenvalue weighted by atomic mass is 10.2. The first kappa shape index (κ1) is 17.6. The highest BCUT2D eigenvalue weighted by Gasteiger charge is 2.35. The number of carbonyl (C=O) groups excluding carboxylic acids is 2. The molecule has 3 rings (SSSR count). The third-order valence-corrected chi connectivity index (χ3v) is 5.21. The van der Waals surface area contributed by atoms with Gasteiger partial charge in [-0.05, 0) is 18.9 Å². The molecule has 0 spiro atoms. The number of hydrogen-bond acceptors (Lipinski definition) is 3. The molecule has 24 heavy (non-hydrogen) atoms. The maximum Gasteiger partial charge on any atom is 0.260 e. The van der Waals surface area contributed by atoms with Crippen molar-refractivity contribution in [2.24, 2.45) is 5.92 Å². The summed E-state index contributed by atoms with van der Waals surface area (Å²) in [7, 11) is 0. The molecule has 2 amide bonds. The molecule has 5 nitrogen and oxygen atoms in total. The zero-order valence-electron chi connectivity index (χ0n) is 12.9. The van der Waals surface area contributed by atoms with E-state index in [1.165, 1.54) is 12.1 Å². The van der Waals surface area contributed by atoms with Crippen LogP contribution in [0.15, 0.2) is 12.1 Å². The molecule has 0 unspecified atom stereocenters. The van der Waals surface area contributed by atoms with Crippen molar-refractivity contribution in [2.75, 3.05) is 32.8 Å². The maximum absolute atomic E-state index is 12.3. The van der Waals surface area contributed by atoms with Crippen LogP contribution in [0.2, 0.25) is 15.1 Å². The van der Waals surface area contributed by atoms with Crippen molar-refractivity contribution in [1.82, 2.24) is 9.80 Å². The molecule has 8 heteroatoms. The third-order valence-electron chi connectivity index (χ3n) is 4.20. The van der Waals surface area contributed by atoms with Gasteiger partial charge in [0.2, 0.25) is 5.91 Å². The molecular formula is C16H17Cl3N2O3. The van der Waals surface area contributed by atoms with Gasteiger partial charge in [0, 0.05) is 38.2 Å². The Balaban J connectivity index is 1.49. The van der Waals surface area contributed by atoms with Crippen molar-refractivity contribution in [3.63, 3.8) is 0 Å². The van der Waals surface area contributed by atoms with Gasteiger partial charge in [-0.15, -0.1) is 0 Å². The van der Waals surface area contributed by atoms with Gasteiger partial charge in [0.05, 0.1) is 15.1 Å². The molecule has 1 aliphatic heterocycles. The molecule has 130 valence electrons. The van der Waals surface area contributed by atoms with Gasteiger partial charge in [0.25, 0.3) is 5.91 Å². The van der Waals surface area contributed by atoms with Crippen molar-refractivity contribution in [3.8, 4) is 5.75 Å². The number of amides is 2. The fraction of sp³-hybridized carbons (Fsp3) is 0.500. The molecule has 0 N–H and O–H groups in total. The Hall–Kier alpha value is -1.17. The van der Waals surface area contributed by atoms with Crippen molar-refractivity contribution in [1.29, 1.82) is 0 Å². The molecule has 0 atom stereocenters. The second-order valence-electron chi connectivity index (χ2n) is 5.97. The zero-order chi connectivity index (χ0) is 17.3. The van der Waals surface area contributed by atoms with Crippen molar-refractivity contribution in [3.05, 3.63) is 27.2 Å². The Bertz CT molecular complexity index is 656. The lowest BCUT2D eigenvalue weighted by Gasteiger charge is -2.34. The molecule has 0 aromatic heterocycles. The van der Waals surface area contributed by atoms with E-state index in [1.54, 1.807) is 4.90 Å². The highest BCUT2D eigenvalue weighted by atomic mass is 35.5. The van der Waals surface area contributed by atoms with E-state index in [9.17, 15) is 9.59 Å². The fourth-order valence-corrected chi connectivity index (χ4v) is 3.20. The van der Waals surface area contributed by atoms with E-state index < -0.39 is 0 Å². The van der Waals surface area contributed by atoms with Gasteiger partial charge in [-0.3, -0.25) is 9.59 Å². The molecule has 1 aliphatic carbocycles. The van der Waals surface area contributed by atoms with Crippen LogP contribution in [0.5, 0.6) is 5.75 Å². The smallest absolute Gasteiger partial charge is 0.260 e. The van der Waals surface area contributed by atoms with E-state index in [-0.39, 0.29) is 24.3 Å². The summed E-state index contributed by atoms with van der Waals surface area (Å²) in [6.45, 7) is 2.07. The van der Waals surface area contributed by atoms with Crippen LogP contribution in [0.4, 0.5) is 0 Å². The molecule has 0 bridgehead atoms. The second-order valence-corrected chi connectivity index (χ2v) is 7.19. The quantitative estimate of drug-likeness (QED) is 0.741. The predicted molar refractivity (Wildman–Crippen MR) is 92.9 cm³/mol. The summed E-state index contributed by atoms with van der Waals surface area (Å²) in [4.78, 5) is 27.8. The molecule has 1 saturated heterocycles. The number of nitrogens with zero attached hydrogens (tertiary/aromatic N) is 2. The molecule has 2 fully saturated rings. The van der Waals surface area contributed by atoms with Gasteiger partial charge in [0.1, 0.15) is 5.75 Å². The van der Waals surface area contributed by atoms with E-state index in [4.69, 9.17) is 39.5 Å². The Morgan fingerprint density at radius 3 is 2.17 bits per heavy atom. The fourth-order valence-electron chi connectivity index (χ4n) is 2.61. The third kappa shape index (κ3) is 4.08. The molecule has 1 saturated carbocycles. The van der Waals surface area contributed by atoms with Crippen LogP contribution in [0, 0.1) is 5.92 Å². The Kier molecular flexibility index (Phi) is 5.42. The van der Waals surface area contributed by atoms with Gasteiger partial charge < -0.3 is 14.5 Å². The normalized spacial score (nSPS) is 17.8. The number of ether oxygens (including phenoxy) is 1. The van der Waals surface area contributed by atoms with Gasteiger partial charge in [-0.2, -0.15) is 0 Å². The molecule has 2 aliphatic rings. The van der Waals surface area contributed by atoms with Crippen LogP contribution in [0.3, 0.4) is 0 Å². The predicted octanol–water partition coefficient (Wildman–Crippen LogP) is 3.11. The van der Waals surface area contributed by atoms with Crippen molar-refractivity contribution in [2.45, 2.75) is 12.8 Å². The summed E-state index contributed by atoms with van der Waals surface area (Å²) in [6.07, 6.45) is 1.99. The summed E-state index contributed by atoms with van der Waals surface area (Å²) in [5.41, 5.74) is 0. The first-order chi connectivity index (χ1) is 11.5. The van der Waals surface area contributed by atoms with E-state index in [0.717, 1.165) is 12.8 Å². The van der Waals surface area contributed by atoms with Crippen molar-refractivity contribution < 1.29 is 14.3 Å². The van der Waals surface area contributed by atoms with E-state index >= 15 is 0 Å². The number of piperazine rings is 1. The number of carbonyl (C=O) groups is 2. The minimum Gasteiger partial charge on any atom is -0.482 e. The first-order valence-corrected chi connectivity index (χ1v) is 8.93. The minimum atomic E-state index is -0.143. The lowest BCUT2D eigenvalue weighted by Crippen LogP contribution is -2.52. The average molecular weight is 392 g/mol. The van der Waals surface area contributed by atoms with Gasteiger partial charge in [0.15, 0.2) is 6.61 Å². The SMILES string of the molecule is O=C(COc1cc(Cl)c(Cl)cc1Cl)N1CCN(C(=O)C2CC2)CC1. The summed E-state index contributed by atoms with van der Waals surface area (Å²) in [6, 6.07) is 2.97. The summed E-state index contributed by atoms with van der Waals surface area (Å²) in [5.74, 6) is 0.617.